The van der Waals surface area contributed by atoms with Crippen LogP contribution >= 0.6 is 0 Å². The van der Waals surface area contributed by atoms with Gasteiger partial charge in [-0.2, -0.15) is 0 Å². The van der Waals surface area contributed by atoms with Gasteiger partial charge in [0.25, 0.3) is 0 Å². The molecule has 2 aromatic carbocycles. The van der Waals surface area contributed by atoms with E-state index in [1.807, 2.05) is 0 Å². The number of amides is 1. The van der Waals surface area contributed by atoms with Gasteiger partial charge in [0, 0.05) is 18.5 Å². The summed E-state index contributed by atoms with van der Waals surface area (Å²) in [6, 6.07) is 11.2. The Labute approximate surface area is 176 Å². The molecule has 1 amide bonds. The van der Waals surface area contributed by atoms with Crippen molar-refractivity contribution in [1.82, 2.24) is 5.32 Å². The van der Waals surface area contributed by atoms with E-state index in [2.05, 4.69) is 5.32 Å². The zero-order valence-electron chi connectivity index (χ0n) is 17.0. The number of primary sulfonamides is 1. The van der Waals surface area contributed by atoms with Crippen molar-refractivity contribution in [2.75, 3.05) is 20.3 Å². The van der Waals surface area contributed by atoms with E-state index in [9.17, 15) is 18.0 Å². The molecule has 2 rings (SSSR count). The lowest BCUT2D eigenvalue weighted by Crippen LogP contribution is -2.25. The van der Waals surface area contributed by atoms with E-state index in [0.717, 1.165) is 5.56 Å². The quantitative estimate of drug-likeness (QED) is 0.412. The topological polar surface area (TPSA) is 125 Å². The Balaban J connectivity index is 1.70. The average molecular weight is 435 g/mol. The molecule has 30 heavy (non-hydrogen) atoms. The molecule has 3 N–H and O–H groups in total. The first kappa shape index (κ1) is 23.4. The second-order valence-corrected chi connectivity index (χ2v) is 8.22. The van der Waals surface area contributed by atoms with E-state index in [0.29, 0.717) is 49.5 Å². The van der Waals surface area contributed by atoms with Gasteiger partial charge in [-0.15, -0.1) is 0 Å². The van der Waals surface area contributed by atoms with Crippen LogP contribution in [0.4, 0.5) is 0 Å². The van der Waals surface area contributed by atoms with Crippen molar-refractivity contribution in [2.24, 2.45) is 5.14 Å². The maximum Gasteiger partial charge on any atom is 0.238 e. The number of nitrogens with one attached hydrogen (secondary N) is 1. The summed E-state index contributed by atoms with van der Waals surface area (Å²) in [4.78, 5) is 23.4. The summed E-state index contributed by atoms with van der Waals surface area (Å²) >= 11 is 0. The number of ketones is 1. The summed E-state index contributed by atoms with van der Waals surface area (Å²) in [5.41, 5.74) is 1.44. The van der Waals surface area contributed by atoms with E-state index >= 15 is 0 Å². The molecule has 0 aromatic heterocycles. The van der Waals surface area contributed by atoms with Crippen molar-refractivity contribution in [1.29, 1.82) is 0 Å². The maximum atomic E-state index is 11.9. The number of hydrogen-bond acceptors (Lipinski definition) is 6. The number of rotatable bonds is 11. The number of hydrogen-bond donors (Lipinski definition) is 2. The first-order valence-electron chi connectivity index (χ1n) is 9.41. The number of nitrogens with two attached hydrogens (primary N) is 1. The molecule has 9 heteroatoms. The molecule has 0 atom stereocenters. The minimum atomic E-state index is -3.70. The number of sulfonamides is 1. The van der Waals surface area contributed by atoms with Crippen molar-refractivity contribution in [3.8, 4) is 11.5 Å². The summed E-state index contributed by atoms with van der Waals surface area (Å²) in [6.07, 6.45) is 1.40. The first-order valence-corrected chi connectivity index (χ1v) is 11.0. The van der Waals surface area contributed by atoms with E-state index in [4.69, 9.17) is 14.6 Å². The molecular weight excluding hydrogens is 408 g/mol. The molecule has 2 aromatic rings. The standard InChI is InChI=1S/C21H26N2O6S/c1-15(24)17-7-10-19(20(14-17)28-2)29-13-3-4-21(25)23-12-11-16-5-8-18(9-6-16)30(22,26)27/h5-10,14H,3-4,11-13H2,1-2H3,(H,23,25)(H2,22,26,27). The van der Waals surface area contributed by atoms with Crippen LogP contribution in [-0.4, -0.2) is 40.4 Å². The van der Waals surface area contributed by atoms with Gasteiger partial charge >= 0.3 is 0 Å². The predicted molar refractivity (Wildman–Crippen MR) is 112 cm³/mol. The molecular formula is C21H26N2O6S. The Morgan fingerprint density at radius 1 is 1.07 bits per heavy atom. The molecule has 0 aliphatic rings. The molecule has 0 bridgehead atoms. The fourth-order valence-corrected chi connectivity index (χ4v) is 3.22. The predicted octanol–water partition coefficient (Wildman–Crippen LogP) is 2.06. The Morgan fingerprint density at radius 3 is 2.37 bits per heavy atom. The smallest absolute Gasteiger partial charge is 0.238 e. The second kappa shape index (κ2) is 10.7. The normalized spacial score (nSPS) is 11.0. The zero-order valence-corrected chi connectivity index (χ0v) is 17.8. The van der Waals surface area contributed by atoms with Gasteiger partial charge in [-0.1, -0.05) is 12.1 Å². The fraction of sp³-hybridized carbons (Fsp3) is 0.333. The minimum absolute atomic E-state index is 0.0582. The summed E-state index contributed by atoms with van der Waals surface area (Å²) < 4.78 is 33.4. The van der Waals surface area contributed by atoms with Gasteiger partial charge in [0.1, 0.15) is 0 Å². The van der Waals surface area contributed by atoms with E-state index in [1.165, 1.54) is 26.2 Å². The SMILES string of the molecule is COc1cc(C(C)=O)ccc1OCCCC(=O)NCCc1ccc(S(N)(=O)=O)cc1. The third-order valence-corrected chi connectivity index (χ3v) is 5.29. The van der Waals surface area contributed by atoms with Gasteiger partial charge in [-0.3, -0.25) is 9.59 Å². The lowest BCUT2D eigenvalue weighted by atomic mass is 10.1. The molecule has 0 fully saturated rings. The van der Waals surface area contributed by atoms with Crippen LogP contribution in [-0.2, 0) is 21.2 Å². The molecule has 0 radical (unpaired) electrons. The van der Waals surface area contributed by atoms with Gasteiger partial charge < -0.3 is 14.8 Å². The van der Waals surface area contributed by atoms with Gasteiger partial charge in [-0.05, 0) is 55.7 Å². The van der Waals surface area contributed by atoms with Crippen LogP contribution in [0.1, 0.15) is 35.7 Å². The summed E-state index contributed by atoms with van der Waals surface area (Å²) in [6.45, 7) is 2.25. The first-order chi connectivity index (χ1) is 14.2. The van der Waals surface area contributed by atoms with Crippen LogP contribution in [0.15, 0.2) is 47.4 Å². The van der Waals surface area contributed by atoms with Crippen molar-refractivity contribution in [2.45, 2.75) is 31.1 Å². The fourth-order valence-electron chi connectivity index (χ4n) is 2.70. The van der Waals surface area contributed by atoms with Crippen molar-refractivity contribution < 1.29 is 27.5 Å². The zero-order chi connectivity index (χ0) is 22.1. The minimum Gasteiger partial charge on any atom is -0.493 e. The largest absolute Gasteiger partial charge is 0.493 e. The molecule has 0 aliphatic carbocycles. The molecule has 0 saturated carbocycles. The van der Waals surface area contributed by atoms with Gasteiger partial charge in [-0.25, -0.2) is 13.6 Å². The third-order valence-electron chi connectivity index (χ3n) is 4.36. The Morgan fingerprint density at radius 2 is 1.77 bits per heavy atom. The lowest BCUT2D eigenvalue weighted by Gasteiger charge is -2.11. The monoisotopic (exact) mass is 434 g/mol. The molecule has 0 heterocycles. The molecule has 0 saturated heterocycles. The molecule has 8 nitrogen and oxygen atoms in total. The average Bonchev–Trinajstić information content (AvgIpc) is 2.70. The highest BCUT2D eigenvalue weighted by Crippen LogP contribution is 2.28. The van der Waals surface area contributed by atoms with Crippen LogP contribution in [0.5, 0.6) is 11.5 Å². The third kappa shape index (κ3) is 7.16. The molecule has 0 unspecified atom stereocenters. The van der Waals surface area contributed by atoms with E-state index in [1.54, 1.807) is 30.3 Å². The lowest BCUT2D eigenvalue weighted by molar-refractivity contribution is -0.121. The van der Waals surface area contributed by atoms with Crippen LogP contribution in [0.2, 0.25) is 0 Å². The Kier molecular flexibility index (Phi) is 8.37. The maximum absolute atomic E-state index is 11.9. The summed E-state index contributed by atoms with van der Waals surface area (Å²) in [5, 5.41) is 7.88. The summed E-state index contributed by atoms with van der Waals surface area (Å²) in [5.74, 6) is 0.835. The second-order valence-electron chi connectivity index (χ2n) is 6.66. The Bertz CT molecular complexity index is 987. The summed E-state index contributed by atoms with van der Waals surface area (Å²) in [7, 11) is -2.20. The van der Waals surface area contributed by atoms with Crippen LogP contribution < -0.4 is 19.9 Å². The Hall–Kier alpha value is -2.91. The van der Waals surface area contributed by atoms with Crippen LogP contribution in [0.25, 0.3) is 0 Å². The number of benzene rings is 2. The van der Waals surface area contributed by atoms with Crippen molar-refractivity contribution in [3.05, 3.63) is 53.6 Å². The number of ether oxygens (including phenoxy) is 2. The van der Waals surface area contributed by atoms with Gasteiger partial charge in [0.15, 0.2) is 17.3 Å². The highest BCUT2D eigenvalue weighted by molar-refractivity contribution is 7.89. The van der Waals surface area contributed by atoms with E-state index in [-0.39, 0.29) is 16.6 Å². The number of carbonyl (C=O) groups is 2. The number of Topliss-reactive ketones (excluding diaryl/α,β-unsaturated/α-hetero) is 1. The van der Waals surface area contributed by atoms with Crippen LogP contribution in [0.3, 0.4) is 0 Å². The highest BCUT2D eigenvalue weighted by atomic mass is 32.2. The van der Waals surface area contributed by atoms with Crippen molar-refractivity contribution >= 4 is 21.7 Å². The molecule has 0 aliphatic heterocycles. The van der Waals surface area contributed by atoms with Gasteiger partial charge in [0.2, 0.25) is 15.9 Å². The van der Waals surface area contributed by atoms with Crippen LogP contribution in [0, 0.1) is 0 Å². The molecule has 162 valence electrons. The van der Waals surface area contributed by atoms with E-state index < -0.39 is 10.0 Å². The molecule has 0 spiro atoms. The van der Waals surface area contributed by atoms with Gasteiger partial charge in [0.05, 0.1) is 18.6 Å². The van der Waals surface area contributed by atoms with Crippen molar-refractivity contribution in [3.63, 3.8) is 0 Å². The highest BCUT2D eigenvalue weighted by Gasteiger charge is 2.09. The number of methoxy groups -OCH3 is 1. The number of carbonyl (C=O) groups excluding carboxylic acids is 2.